The topological polar surface area (TPSA) is 65.8 Å². The van der Waals surface area contributed by atoms with E-state index in [0.29, 0.717) is 25.1 Å². The van der Waals surface area contributed by atoms with Gasteiger partial charge in [-0.05, 0) is 12.1 Å². The Morgan fingerprint density at radius 3 is 3.00 bits per heavy atom. The van der Waals surface area contributed by atoms with Crippen LogP contribution in [0.1, 0.15) is 6.42 Å². The smallest absolute Gasteiger partial charge is 0.163 e. The molecule has 0 aliphatic rings. The zero-order valence-electron chi connectivity index (χ0n) is 7.46. The number of hydrogen-bond acceptors (Lipinski definition) is 4. The molecular weight excluding hydrogens is 185 g/mol. The normalized spacial score (nSPS) is 9.50. The predicted octanol–water partition coefficient (Wildman–Crippen LogP) is 1.24. The molecule has 1 aromatic heterocycles. The first-order chi connectivity index (χ1) is 6.72. The fourth-order valence-electron chi connectivity index (χ4n) is 0.865. The monoisotopic (exact) mass is 195 g/mol. The number of pyridine rings is 1. The van der Waals surface area contributed by atoms with Crippen LogP contribution in [0.2, 0.25) is 0 Å². The molecule has 5 heteroatoms. The minimum absolute atomic E-state index is 0.0274. The molecular formula is C9H10FN3O. The molecule has 1 aromatic rings. The highest BCUT2D eigenvalue weighted by Gasteiger charge is 1.96. The molecule has 0 fully saturated rings. The second-order valence-electron chi connectivity index (χ2n) is 2.68. The summed E-state index contributed by atoms with van der Waals surface area (Å²) < 4.78 is 12.4. The lowest BCUT2D eigenvalue weighted by Gasteiger charge is -2.03. The summed E-state index contributed by atoms with van der Waals surface area (Å²) in [5.41, 5.74) is 0.0274. The molecule has 1 rings (SSSR count). The van der Waals surface area contributed by atoms with Gasteiger partial charge < -0.3 is 10.7 Å². The molecule has 74 valence electrons. The Bertz CT molecular complexity index is 323. The standard InChI is InChI=1S/C9H10FN3O/c10-7-1-2-9(13-5-7)12-4-3-8(11)6-14/h1-2,5-6,11H,3-4H2,(H,12,13). The van der Waals surface area contributed by atoms with Crippen molar-refractivity contribution in [3.63, 3.8) is 0 Å². The van der Waals surface area contributed by atoms with E-state index >= 15 is 0 Å². The van der Waals surface area contributed by atoms with Crippen molar-refractivity contribution >= 4 is 17.8 Å². The summed E-state index contributed by atoms with van der Waals surface area (Å²) in [7, 11) is 0. The van der Waals surface area contributed by atoms with Crippen molar-refractivity contribution in [3.05, 3.63) is 24.1 Å². The van der Waals surface area contributed by atoms with Gasteiger partial charge in [0, 0.05) is 13.0 Å². The summed E-state index contributed by atoms with van der Waals surface area (Å²) in [5, 5.41) is 9.91. The van der Waals surface area contributed by atoms with Crippen LogP contribution in [0.5, 0.6) is 0 Å². The quantitative estimate of drug-likeness (QED) is 0.548. The predicted molar refractivity (Wildman–Crippen MR) is 51.1 cm³/mol. The van der Waals surface area contributed by atoms with Gasteiger partial charge in [-0.3, -0.25) is 4.79 Å². The summed E-state index contributed by atoms with van der Waals surface area (Å²) >= 11 is 0. The van der Waals surface area contributed by atoms with E-state index in [2.05, 4.69) is 10.3 Å². The molecule has 0 aliphatic carbocycles. The van der Waals surface area contributed by atoms with Crippen LogP contribution in [0, 0.1) is 11.2 Å². The lowest BCUT2D eigenvalue weighted by atomic mass is 10.3. The highest BCUT2D eigenvalue weighted by atomic mass is 19.1. The van der Waals surface area contributed by atoms with Gasteiger partial charge in [0.05, 0.1) is 11.9 Å². The number of hydrogen-bond donors (Lipinski definition) is 2. The molecule has 0 unspecified atom stereocenters. The highest BCUT2D eigenvalue weighted by Crippen LogP contribution is 2.02. The average Bonchev–Trinajstić information content (AvgIpc) is 2.21. The lowest BCUT2D eigenvalue weighted by Crippen LogP contribution is -2.09. The molecule has 0 saturated heterocycles. The Morgan fingerprint density at radius 1 is 1.64 bits per heavy atom. The van der Waals surface area contributed by atoms with E-state index in [4.69, 9.17) is 5.41 Å². The number of anilines is 1. The van der Waals surface area contributed by atoms with Crippen molar-refractivity contribution in [3.8, 4) is 0 Å². The van der Waals surface area contributed by atoms with Crippen molar-refractivity contribution < 1.29 is 9.18 Å². The number of nitrogens with one attached hydrogen (secondary N) is 2. The molecule has 4 nitrogen and oxygen atoms in total. The SMILES string of the molecule is N=C(C=O)CCNc1ccc(F)cn1. The van der Waals surface area contributed by atoms with Crippen LogP contribution in [0.3, 0.4) is 0 Å². The zero-order valence-corrected chi connectivity index (χ0v) is 7.46. The molecule has 0 bridgehead atoms. The van der Waals surface area contributed by atoms with Crippen molar-refractivity contribution in [2.75, 3.05) is 11.9 Å². The van der Waals surface area contributed by atoms with Crippen LogP contribution < -0.4 is 5.32 Å². The number of aldehydes is 1. The van der Waals surface area contributed by atoms with Gasteiger partial charge in [0.15, 0.2) is 6.29 Å². The molecule has 14 heavy (non-hydrogen) atoms. The summed E-state index contributed by atoms with van der Waals surface area (Å²) in [6.45, 7) is 0.441. The van der Waals surface area contributed by atoms with Crippen molar-refractivity contribution in [1.29, 1.82) is 5.41 Å². The van der Waals surface area contributed by atoms with Crippen molar-refractivity contribution in [2.24, 2.45) is 0 Å². The third kappa shape index (κ3) is 3.30. The van der Waals surface area contributed by atoms with Gasteiger partial charge in [-0.2, -0.15) is 0 Å². The summed E-state index contributed by atoms with van der Waals surface area (Å²) in [4.78, 5) is 13.8. The number of carbonyl (C=O) groups is 1. The third-order valence-corrected chi connectivity index (χ3v) is 1.57. The summed E-state index contributed by atoms with van der Waals surface area (Å²) in [6.07, 6.45) is 1.94. The summed E-state index contributed by atoms with van der Waals surface area (Å²) in [6, 6.07) is 2.79. The second-order valence-corrected chi connectivity index (χ2v) is 2.68. The van der Waals surface area contributed by atoms with E-state index in [1.807, 2.05) is 0 Å². The van der Waals surface area contributed by atoms with E-state index in [1.54, 1.807) is 0 Å². The molecule has 0 aromatic carbocycles. The Kier molecular flexibility index (Phi) is 3.72. The van der Waals surface area contributed by atoms with Gasteiger partial charge in [-0.25, -0.2) is 9.37 Å². The van der Waals surface area contributed by atoms with E-state index < -0.39 is 5.82 Å². The Balaban J connectivity index is 2.35. The van der Waals surface area contributed by atoms with Crippen molar-refractivity contribution in [2.45, 2.75) is 6.42 Å². The second kappa shape index (κ2) is 5.06. The van der Waals surface area contributed by atoms with Crippen LogP contribution in [0.4, 0.5) is 10.2 Å². The molecule has 0 atom stereocenters. The van der Waals surface area contributed by atoms with Gasteiger partial charge >= 0.3 is 0 Å². The van der Waals surface area contributed by atoms with Gasteiger partial charge in [-0.1, -0.05) is 0 Å². The van der Waals surface area contributed by atoms with Crippen LogP contribution in [-0.2, 0) is 4.79 Å². The maximum Gasteiger partial charge on any atom is 0.163 e. The molecule has 1 heterocycles. The van der Waals surface area contributed by atoms with Crippen LogP contribution >= 0.6 is 0 Å². The van der Waals surface area contributed by atoms with Crippen LogP contribution in [0.15, 0.2) is 18.3 Å². The average molecular weight is 195 g/mol. The molecule has 0 saturated carbocycles. The molecule has 2 N–H and O–H groups in total. The van der Waals surface area contributed by atoms with E-state index in [0.717, 1.165) is 6.20 Å². The Morgan fingerprint density at radius 2 is 2.43 bits per heavy atom. The number of carbonyl (C=O) groups excluding carboxylic acids is 1. The molecule has 0 spiro atoms. The van der Waals surface area contributed by atoms with Gasteiger partial charge in [0.1, 0.15) is 11.6 Å². The lowest BCUT2D eigenvalue weighted by molar-refractivity contribution is -0.102. The highest BCUT2D eigenvalue weighted by molar-refractivity contribution is 6.26. The molecule has 0 aliphatic heterocycles. The largest absolute Gasteiger partial charge is 0.370 e. The molecule has 0 radical (unpaired) electrons. The zero-order chi connectivity index (χ0) is 10.4. The van der Waals surface area contributed by atoms with E-state index in [9.17, 15) is 9.18 Å². The van der Waals surface area contributed by atoms with E-state index in [1.165, 1.54) is 12.1 Å². The van der Waals surface area contributed by atoms with Crippen molar-refractivity contribution in [1.82, 2.24) is 4.98 Å². The first kappa shape index (κ1) is 10.3. The minimum Gasteiger partial charge on any atom is -0.370 e. The Labute approximate surface area is 80.7 Å². The number of rotatable bonds is 5. The number of nitrogens with zero attached hydrogens (tertiary/aromatic N) is 1. The Hall–Kier alpha value is -1.78. The van der Waals surface area contributed by atoms with Crippen LogP contribution in [0.25, 0.3) is 0 Å². The summed E-state index contributed by atoms with van der Waals surface area (Å²) in [5.74, 6) is 0.140. The fraction of sp³-hybridized carbons (Fsp3) is 0.222. The molecule has 0 amide bonds. The van der Waals surface area contributed by atoms with Gasteiger partial charge in [-0.15, -0.1) is 0 Å². The minimum atomic E-state index is -0.392. The number of aromatic nitrogens is 1. The fourth-order valence-corrected chi connectivity index (χ4v) is 0.865. The van der Waals surface area contributed by atoms with Gasteiger partial charge in [0.2, 0.25) is 0 Å². The van der Waals surface area contributed by atoms with Gasteiger partial charge in [0.25, 0.3) is 0 Å². The first-order valence-corrected chi connectivity index (χ1v) is 4.10. The maximum absolute atomic E-state index is 12.4. The van der Waals surface area contributed by atoms with E-state index in [-0.39, 0.29) is 5.71 Å². The van der Waals surface area contributed by atoms with Crippen LogP contribution in [-0.4, -0.2) is 23.5 Å². The number of halogens is 1. The first-order valence-electron chi connectivity index (χ1n) is 4.10. The maximum atomic E-state index is 12.4. The third-order valence-electron chi connectivity index (χ3n) is 1.57.